The van der Waals surface area contributed by atoms with Crippen LogP contribution in [0.3, 0.4) is 0 Å². The molecule has 1 saturated heterocycles. The zero-order chi connectivity index (χ0) is 17.5. The van der Waals surface area contributed by atoms with Crippen molar-refractivity contribution in [2.45, 2.75) is 31.1 Å². The minimum absolute atomic E-state index is 0.142. The maximum atomic E-state index is 12.5. The Morgan fingerprint density at radius 3 is 2.62 bits per heavy atom. The van der Waals surface area contributed by atoms with Crippen molar-refractivity contribution < 1.29 is 18.0 Å². The lowest BCUT2D eigenvalue weighted by molar-refractivity contribution is 0.0696. The monoisotopic (exact) mass is 353 g/mol. The molecular weight excluding hydrogens is 334 g/mol. The van der Waals surface area contributed by atoms with Crippen LogP contribution in [0.4, 0.5) is 0 Å². The van der Waals surface area contributed by atoms with Crippen molar-refractivity contribution in [2.24, 2.45) is 5.73 Å². The second-order valence-electron chi connectivity index (χ2n) is 6.17. The predicted molar refractivity (Wildman–Crippen MR) is 86.5 cm³/mol. The van der Waals surface area contributed by atoms with Gasteiger partial charge in [0.05, 0.1) is 11.0 Å². The van der Waals surface area contributed by atoms with E-state index in [-0.39, 0.29) is 34.7 Å². The lowest BCUT2D eigenvalue weighted by atomic mass is 10.1. The number of rotatable bonds is 4. The molecule has 3 rings (SSSR count). The number of amides is 2. The van der Waals surface area contributed by atoms with Crippen LogP contribution in [0.5, 0.6) is 0 Å². The Morgan fingerprint density at radius 1 is 1.25 bits per heavy atom. The van der Waals surface area contributed by atoms with Crippen molar-refractivity contribution in [3.8, 4) is 0 Å². The summed E-state index contributed by atoms with van der Waals surface area (Å²) in [5.41, 5.74) is 4.64. The normalized spacial score (nSPS) is 22.4. The molecule has 0 aromatic carbocycles. The highest BCUT2D eigenvalue weighted by atomic mass is 32.2. The summed E-state index contributed by atoms with van der Waals surface area (Å²) in [7, 11) is -3.03. The Hall–Kier alpha value is -2.16. The smallest absolute Gasteiger partial charge is 0.270 e. The van der Waals surface area contributed by atoms with Crippen LogP contribution >= 0.6 is 0 Å². The summed E-state index contributed by atoms with van der Waals surface area (Å²) < 4.78 is 25.0. The molecular formula is C15H19N3O5S. The van der Waals surface area contributed by atoms with Crippen LogP contribution in [-0.4, -0.2) is 53.8 Å². The molecule has 1 aromatic heterocycles. The van der Waals surface area contributed by atoms with Crippen LogP contribution in [0.2, 0.25) is 0 Å². The lowest BCUT2D eigenvalue weighted by Gasteiger charge is -2.30. The predicted octanol–water partition coefficient (Wildman–Crippen LogP) is -0.630. The Labute approximate surface area is 139 Å². The van der Waals surface area contributed by atoms with Gasteiger partial charge in [0.15, 0.2) is 9.84 Å². The van der Waals surface area contributed by atoms with Gasteiger partial charge in [-0.1, -0.05) is 0 Å². The summed E-state index contributed by atoms with van der Waals surface area (Å²) in [5.74, 6) is -0.930. The third kappa shape index (κ3) is 2.83. The van der Waals surface area contributed by atoms with Gasteiger partial charge in [-0.15, -0.1) is 0 Å². The third-order valence-corrected chi connectivity index (χ3v) is 7.07. The number of nitrogens with two attached hydrogens (primary N) is 1. The molecule has 9 heteroatoms. The number of sulfone groups is 1. The summed E-state index contributed by atoms with van der Waals surface area (Å²) in [6, 6.07) is 2.68. The molecule has 0 saturated carbocycles. The molecule has 2 N–H and O–H groups in total. The Bertz CT molecular complexity index is 858. The summed E-state index contributed by atoms with van der Waals surface area (Å²) >= 11 is 0. The Morgan fingerprint density at radius 2 is 2.00 bits per heavy atom. The molecule has 1 fully saturated rings. The second-order valence-corrected chi connectivity index (χ2v) is 8.57. The van der Waals surface area contributed by atoms with Crippen LogP contribution in [0.15, 0.2) is 16.9 Å². The number of nitrogens with zero attached hydrogens (tertiary/aromatic N) is 2. The number of pyridine rings is 1. The topological polar surface area (TPSA) is 120 Å². The fourth-order valence-electron chi connectivity index (χ4n) is 3.35. The van der Waals surface area contributed by atoms with Crippen LogP contribution in [0.25, 0.3) is 0 Å². The molecule has 130 valence electrons. The van der Waals surface area contributed by atoms with Gasteiger partial charge in [-0.3, -0.25) is 14.4 Å². The van der Waals surface area contributed by atoms with Gasteiger partial charge in [-0.05, 0) is 31.4 Å². The molecule has 0 bridgehead atoms. The Kier molecular flexibility index (Phi) is 4.20. The van der Waals surface area contributed by atoms with Crippen molar-refractivity contribution in [3.63, 3.8) is 0 Å². The van der Waals surface area contributed by atoms with Gasteiger partial charge in [0.1, 0.15) is 11.3 Å². The molecule has 2 aliphatic heterocycles. The highest BCUT2D eigenvalue weighted by molar-refractivity contribution is 7.92. The van der Waals surface area contributed by atoms with Gasteiger partial charge in [-0.25, -0.2) is 8.42 Å². The largest absolute Gasteiger partial charge is 0.365 e. The van der Waals surface area contributed by atoms with E-state index in [0.717, 1.165) is 0 Å². The summed E-state index contributed by atoms with van der Waals surface area (Å²) in [5, 5.41) is -0.383. The SMILES string of the molecule is NC(=O)c1ccc2n(c1=O)CCN(CCC1CCCS1(=O)=O)C2=O. The zero-order valence-electron chi connectivity index (χ0n) is 13.1. The number of aromatic nitrogens is 1. The number of hydrogen-bond donors (Lipinski definition) is 1. The van der Waals surface area contributed by atoms with Crippen LogP contribution in [0.1, 0.15) is 40.1 Å². The minimum atomic E-state index is -3.03. The molecule has 0 spiro atoms. The molecule has 0 radical (unpaired) electrons. The first-order valence-corrected chi connectivity index (χ1v) is 9.57. The molecule has 8 nitrogen and oxygen atoms in total. The van der Waals surface area contributed by atoms with E-state index in [1.165, 1.54) is 16.7 Å². The fraction of sp³-hybridized carbons (Fsp3) is 0.533. The highest BCUT2D eigenvalue weighted by Gasteiger charge is 2.33. The van der Waals surface area contributed by atoms with Crippen molar-refractivity contribution in [1.29, 1.82) is 0 Å². The molecule has 1 unspecified atom stereocenters. The fourth-order valence-corrected chi connectivity index (χ4v) is 5.25. The van der Waals surface area contributed by atoms with Crippen molar-refractivity contribution in [2.75, 3.05) is 18.8 Å². The van der Waals surface area contributed by atoms with E-state index in [4.69, 9.17) is 5.73 Å². The van der Waals surface area contributed by atoms with Crippen LogP contribution in [-0.2, 0) is 16.4 Å². The highest BCUT2D eigenvalue weighted by Crippen LogP contribution is 2.23. The van der Waals surface area contributed by atoms with Gasteiger partial charge >= 0.3 is 0 Å². The summed E-state index contributed by atoms with van der Waals surface area (Å²) in [4.78, 5) is 37.5. The molecule has 2 aliphatic rings. The lowest BCUT2D eigenvalue weighted by Crippen LogP contribution is -2.46. The molecule has 0 aliphatic carbocycles. The molecule has 2 amide bonds. The number of fused-ring (bicyclic) bond motifs is 1. The summed E-state index contributed by atoms with van der Waals surface area (Å²) in [6.45, 7) is 0.910. The minimum Gasteiger partial charge on any atom is -0.365 e. The van der Waals surface area contributed by atoms with Gasteiger partial charge in [0.2, 0.25) is 0 Å². The zero-order valence-corrected chi connectivity index (χ0v) is 13.9. The van der Waals surface area contributed by atoms with Gasteiger partial charge in [0.25, 0.3) is 17.4 Å². The average molecular weight is 353 g/mol. The van der Waals surface area contributed by atoms with Crippen LogP contribution < -0.4 is 11.3 Å². The van der Waals surface area contributed by atoms with E-state index in [1.807, 2.05) is 0 Å². The van der Waals surface area contributed by atoms with Crippen molar-refractivity contribution in [3.05, 3.63) is 33.7 Å². The van der Waals surface area contributed by atoms with E-state index in [0.29, 0.717) is 32.4 Å². The molecule has 3 heterocycles. The standard InChI is InChI=1S/C15H19N3O5S/c16-13(19)11-3-4-12-15(21)17(7-8-18(12)14(11)20)6-5-10-2-1-9-24(10,22)23/h3-4,10H,1-2,5-9H2,(H2,16,19). The first-order valence-electron chi connectivity index (χ1n) is 7.86. The Balaban J connectivity index is 1.77. The van der Waals surface area contributed by atoms with Crippen LogP contribution in [0, 0.1) is 0 Å². The quantitative estimate of drug-likeness (QED) is 0.773. The first kappa shape index (κ1) is 16.7. The number of carbonyl (C=O) groups excluding carboxylic acids is 2. The number of primary amides is 1. The van der Waals surface area contributed by atoms with Gasteiger partial charge in [-0.2, -0.15) is 0 Å². The van der Waals surface area contributed by atoms with E-state index in [1.54, 1.807) is 4.90 Å². The number of hydrogen-bond acceptors (Lipinski definition) is 5. The summed E-state index contributed by atoms with van der Waals surface area (Å²) in [6.07, 6.45) is 1.73. The van der Waals surface area contributed by atoms with E-state index in [2.05, 4.69) is 0 Å². The van der Waals surface area contributed by atoms with Crippen molar-refractivity contribution in [1.82, 2.24) is 9.47 Å². The average Bonchev–Trinajstić information content (AvgIpc) is 2.85. The molecule has 24 heavy (non-hydrogen) atoms. The third-order valence-electron chi connectivity index (χ3n) is 4.72. The van der Waals surface area contributed by atoms with E-state index in [9.17, 15) is 22.8 Å². The maximum absolute atomic E-state index is 12.5. The van der Waals surface area contributed by atoms with Gasteiger partial charge < -0.3 is 15.2 Å². The first-order chi connectivity index (χ1) is 11.3. The second kappa shape index (κ2) is 6.04. The molecule has 1 atom stereocenters. The maximum Gasteiger partial charge on any atom is 0.270 e. The van der Waals surface area contributed by atoms with E-state index < -0.39 is 21.3 Å². The van der Waals surface area contributed by atoms with Gasteiger partial charge in [0, 0.05) is 19.6 Å². The molecule has 1 aromatic rings. The van der Waals surface area contributed by atoms with E-state index >= 15 is 0 Å². The number of carbonyl (C=O) groups is 2. The van der Waals surface area contributed by atoms with Crippen molar-refractivity contribution >= 4 is 21.7 Å².